The summed E-state index contributed by atoms with van der Waals surface area (Å²) in [5, 5.41) is 0.718. The van der Waals surface area contributed by atoms with Gasteiger partial charge in [-0.15, -0.1) is 0 Å². The molecule has 0 spiro atoms. The molecule has 1 aromatic rings. The van der Waals surface area contributed by atoms with Crippen molar-refractivity contribution in [1.82, 2.24) is 0 Å². The van der Waals surface area contributed by atoms with Crippen LogP contribution < -0.4 is 10.5 Å². The highest BCUT2D eigenvalue weighted by Crippen LogP contribution is 2.30. The van der Waals surface area contributed by atoms with Gasteiger partial charge in [-0.1, -0.05) is 24.4 Å². The van der Waals surface area contributed by atoms with Gasteiger partial charge in [0.2, 0.25) is 0 Å². The third-order valence-corrected chi connectivity index (χ3v) is 3.79. The summed E-state index contributed by atoms with van der Waals surface area (Å²) < 4.78 is 6.14. The Kier molecular flexibility index (Phi) is 4.90. The summed E-state index contributed by atoms with van der Waals surface area (Å²) in [6.45, 7) is 1.96. The van der Waals surface area contributed by atoms with E-state index in [0.717, 1.165) is 29.2 Å². The Hall–Kier alpha value is -0.730. The highest BCUT2D eigenvalue weighted by molar-refractivity contribution is 6.30. The fraction of sp³-hybridized carbons (Fsp3) is 0.600. The van der Waals surface area contributed by atoms with Gasteiger partial charge >= 0.3 is 0 Å². The van der Waals surface area contributed by atoms with E-state index in [9.17, 15) is 0 Å². The lowest BCUT2D eigenvalue weighted by Crippen LogP contribution is -2.17. The Bertz CT molecular complexity index is 384. The van der Waals surface area contributed by atoms with E-state index in [1.807, 2.05) is 25.1 Å². The lowest BCUT2D eigenvalue weighted by molar-refractivity contribution is 0.181. The SMILES string of the molecule is C[C@H](N)c1cc(Cl)ccc1OC1CCCCCC1. The molecule has 1 fully saturated rings. The summed E-state index contributed by atoms with van der Waals surface area (Å²) in [5.41, 5.74) is 6.99. The van der Waals surface area contributed by atoms with Gasteiger partial charge in [0.1, 0.15) is 5.75 Å². The molecule has 1 saturated carbocycles. The van der Waals surface area contributed by atoms with Crippen molar-refractivity contribution in [3.05, 3.63) is 28.8 Å². The lowest BCUT2D eigenvalue weighted by atomic mass is 10.1. The summed E-state index contributed by atoms with van der Waals surface area (Å²) >= 11 is 6.02. The van der Waals surface area contributed by atoms with Gasteiger partial charge in [-0.05, 0) is 50.8 Å². The van der Waals surface area contributed by atoms with Crippen LogP contribution in [0, 0.1) is 0 Å². The normalized spacial score (nSPS) is 19.3. The maximum Gasteiger partial charge on any atom is 0.124 e. The fourth-order valence-corrected chi connectivity index (χ4v) is 2.70. The highest BCUT2D eigenvalue weighted by Gasteiger charge is 2.16. The van der Waals surface area contributed by atoms with E-state index in [4.69, 9.17) is 22.1 Å². The standard InChI is InChI=1S/C15H22ClNO/c1-11(17)14-10-12(16)8-9-15(14)18-13-6-4-2-3-5-7-13/h8-11,13H,2-7,17H2,1H3/t11-/m0/s1. The van der Waals surface area contributed by atoms with Crippen LogP contribution in [0.25, 0.3) is 0 Å². The second kappa shape index (κ2) is 6.44. The van der Waals surface area contributed by atoms with Crippen molar-refractivity contribution in [1.29, 1.82) is 0 Å². The molecule has 1 atom stereocenters. The van der Waals surface area contributed by atoms with Crippen molar-refractivity contribution in [2.45, 2.75) is 57.6 Å². The Morgan fingerprint density at radius 2 is 1.89 bits per heavy atom. The van der Waals surface area contributed by atoms with E-state index in [-0.39, 0.29) is 6.04 Å². The molecular weight excluding hydrogens is 246 g/mol. The molecule has 1 aliphatic carbocycles. The van der Waals surface area contributed by atoms with Crippen molar-refractivity contribution in [2.75, 3.05) is 0 Å². The van der Waals surface area contributed by atoms with E-state index >= 15 is 0 Å². The maximum atomic E-state index is 6.14. The van der Waals surface area contributed by atoms with Crippen LogP contribution in [0.5, 0.6) is 5.75 Å². The number of hydrogen-bond donors (Lipinski definition) is 1. The molecule has 100 valence electrons. The minimum atomic E-state index is -0.0514. The van der Waals surface area contributed by atoms with Crippen molar-refractivity contribution in [3.63, 3.8) is 0 Å². The van der Waals surface area contributed by atoms with Gasteiger partial charge in [-0.3, -0.25) is 0 Å². The quantitative estimate of drug-likeness (QED) is 0.821. The molecule has 2 rings (SSSR count). The first-order valence-electron chi connectivity index (χ1n) is 6.88. The Balaban J connectivity index is 2.12. The molecule has 3 heteroatoms. The molecule has 0 aliphatic heterocycles. The lowest BCUT2D eigenvalue weighted by Gasteiger charge is -2.21. The zero-order chi connectivity index (χ0) is 13.0. The molecule has 2 nitrogen and oxygen atoms in total. The molecule has 1 aromatic carbocycles. The maximum absolute atomic E-state index is 6.14. The molecule has 1 aliphatic rings. The molecule has 0 heterocycles. The Labute approximate surface area is 114 Å². The van der Waals surface area contributed by atoms with Gasteiger partial charge in [-0.25, -0.2) is 0 Å². The van der Waals surface area contributed by atoms with Gasteiger partial charge < -0.3 is 10.5 Å². The molecule has 0 radical (unpaired) electrons. The first-order valence-corrected chi connectivity index (χ1v) is 7.26. The molecule has 0 bridgehead atoms. The molecule has 0 aromatic heterocycles. The summed E-state index contributed by atoms with van der Waals surface area (Å²) in [4.78, 5) is 0. The van der Waals surface area contributed by atoms with Crippen molar-refractivity contribution >= 4 is 11.6 Å². The van der Waals surface area contributed by atoms with Crippen LogP contribution in [0.3, 0.4) is 0 Å². The van der Waals surface area contributed by atoms with Crippen LogP contribution in [0.15, 0.2) is 18.2 Å². The van der Waals surface area contributed by atoms with Gasteiger partial charge in [0.15, 0.2) is 0 Å². The number of nitrogens with two attached hydrogens (primary N) is 1. The minimum absolute atomic E-state index is 0.0514. The van der Waals surface area contributed by atoms with E-state index in [1.54, 1.807) is 0 Å². The second-order valence-electron chi connectivity index (χ2n) is 5.20. The summed E-state index contributed by atoms with van der Waals surface area (Å²) in [6, 6.07) is 5.69. The average Bonchev–Trinajstić information content (AvgIpc) is 2.60. The molecule has 18 heavy (non-hydrogen) atoms. The van der Waals surface area contributed by atoms with Crippen LogP contribution in [0.1, 0.15) is 57.1 Å². The minimum Gasteiger partial charge on any atom is -0.490 e. The smallest absolute Gasteiger partial charge is 0.124 e. The van der Waals surface area contributed by atoms with Crippen LogP contribution in [-0.4, -0.2) is 6.10 Å². The summed E-state index contributed by atoms with van der Waals surface area (Å²) in [7, 11) is 0. The average molecular weight is 268 g/mol. The zero-order valence-electron chi connectivity index (χ0n) is 11.0. The number of rotatable bonds is 3. The molecule has 0 amide bonds. The number of benzene rings is 1. The van der Waals surface area contributed by atoms with Crippen molar-refractivity contribution in [2.24, 2.45) is 5.73 Å². The Morgan fingerprint density at radius 1 is 1.22 bits per heavy atom. The second-order valence-corrected chi connectivity index (χ2v) is 5.64. The fourth-order valence-electron chi connectivity index (χ4n) is 2.52. The summed E-state index contributed by atoms with van der Waals surface area (Å²) in [5.74, 6) is 0.904. The molecule has 2 N–H and O–H groups in total. The van der Waals surface area contributed by atoms with Crippen LogP contribution in [0.2, 0.25) is 5.02 Å². The largest absolute Gasteiger partial charge is 0.490 e. The number of ether oxygens (including phenoxy) is 1. The van der Waals surface area contributed by atoms with Crippen LogP contribution in [0.4, 0.5) is 0 Å². The van der Waals surface area contributed by atoms with Crippen LogP contribution in [-0.2, 0) is 0 Å². The van der Waals surface area contributed by atoms with Gasteiger partial charge in [0, 0.05) is 16.6 Å². The predicted octanol–water partition coefficient (Wildman–Crippen LogP) is 4.46. The highest BCUT2D eigenvalue weighted by atomic mass is 35.5. The number of halogens is 1. The molecule has 0 unspecified atom stereocenters. The van der Waals surface area contributed by atoms with E-state index in [1.165, 1.54) is 25.7 Å². The molecule has 0 saturated heterocycles. The zero-order valence-corrected chi connectivity index (χ0v) is 11.7. The number of hydrogen-bond acceptors (Lipinski definition) is 2. The topological polar surface area (TPSA) is 35.2 Å². The molecular formula is C15H22ClNO. The first kappa shape index (κ1) is 13.7. The van der Waals surface area contributed by atoms with Crippen LogP contribution >= 0.6 is 11.6 Å². The third kappa shape index (κ3) is 3.63. The van der Waals surface area contributed by atoms with E-state index in [2.05, 4.69) is 0 Å². The van der Waals surface area contributed by atoms with Crippen molar-refractivity contribution in [3.8, 4) is 5.75 Å². The van der Waals surface area contributed by atoms with Gasteiger partial charge in [0.05, 0.1) is 6.10 Å². The predicted molar refractivity (Wildman–Crippen MR) is 76.2 cm³/mol. The summed E-state index contributed by atoms with van der Waals surface area (Å²) in [6.07, 6.45) is 7.85. The van der Waals surface area contributed by atoms with Gasteiger partial charge in [0.25, 0.3) is 0 Å². The van der Waals surface area contributed by atoms with Crippen molar-refractivity contribution < 1.29 is 4.74 Å². The van der Waals surface area contributed by atoms with E-state index in [0.29, 0.717) is 6.10 Å². The first-order chi connectivity index (χ1) is 8.66. The van der Waals surface area contributed by atoms with Gasteiger partial charge in [-0.2, -0.15) is 0 Å². The monoisotopic (exact) mass is 267 g/mol. The van der Waals surface area contributed by atoms with E-state index < -0.39 is 0 Å². The Morgan fingerprint density at radius 3 is 2.50 bits per heavy atom. The third-order valence-electron chi connectivity index (χ3n) is 3.56.